The summed E-state index contributed by atoms with van der Waals surface area (Å²) in [6.07, 6.45) is -3.44. The van der Waals surface area contributed by atoms with E-state index in [9.17, 15) is 13.2 Å². The lowest BCUT2D eigenvalue weighted by Crippen LogP contribution is -2.43. The van der Waals surface area contributed by atoms with Crippen LogP contribution in [0.1, 0.15) is 23.6 Å². The lowest BCUT2D eigenvalue weighted by molar-refractivity contribution is -0.152. The zero-order valence-corrected chi connectivity index (χ0v) is 12.2. The summed E-state index contributed by atoms with van der Waals surface area (Å²) < 4.78 is 37.6. The molecule has 0 aliphatic carbocycles. The summed E-state index contributed by atoms with van der Waals surface area (Å²) >= 11 is 0. The normalized spacial score (nSPS) is 20.2. The van der Waals surface area contributed by atoms with Crippen LogP contribution in [0.4, 0.5) is 13.2 Å². The first-order chi connectivity index (χ1) is 9.24. The van der Waals surface area contributed by atoms with E-state index < -0.39 is 12.7 Å². The van der Waals surface area contributed by atoms with Crippen LogP contribution >= 0.6 is 0 Å². The average molecular weight is 286 g/mol. The molecule has 0 radical (unpaired) electrons. The van der Waals surface area contributed by atoms with Crippen LogP contribution in [-0.4, -0.2) is 42.7 Å². The zero-order valence-electron chi connectivity index (χ0n) is 12.2. The smallest absolute Gasteiger partial charge is 0.305 e. The first-order valence-corrected chi connectivity index (χ1v) is 6.81. The molecule has 5 heteroatoms. The van der Waals surface area contributed by atoms with E-state index in [0.29, 0.717) is 13.0 Å². The first-order valence-electron chi connectivity index (χ1n) is 6.81. The van der Waals surface area contributed by atoms with Crippen LogP contribution < -0.4 is 0 Å². The van der Waals surface area contributed by atoms with E-state index in [1.807, 2.05) is 33.2 Å². The minimum absolute atomic E-state index is 0.0706. The van der Waals surface area contributed by atoms with Gasteiger partial charge >= 0.3 is 6.18 Å². The van der Waals surface area contributed by atoms with Crippen molar-refractivity contribution in [2.45, 2.75) is 38.7 Å². The molecule has 2 rings (SSSR count). The SMILES string of the molecule is CC1Cc2cc(CN(C)C)ccc2CN1CC(F)(F)F. The zero-order chi connectivity index (χ0) is 14.9. The van der Waals surface area contributed by atoms with Gasteiger partial charge in [0, 0.05) is 19.1 Å². The fourth-order valence-corrected chi connectivity index (χ4v) is 2.75. The van der Waals surface area contributed by atoms with Crippen molar-refractivity contribution in [3.63, 3.8) is 0 Å². The van der Waals surface area contributed by atoms with Crippen molar-refractivity contribution < 1.29 is 13.2 Å². The van der Waals surface area contributed by atoms with Crippen molar-refractivity contribution >= 4 is 0 Å². The number of nitrogens with zero attached hydrogens (tertiary/aromatic N) is 2. The van der Waals surface area contributed by atoms with Gasteiger partial charge in [-0.3, -0.25) is 4.90 Å². The number of hydrogen-bond acceptors (Lipinski definition) is 2. The molecule has 0 N–H and O–H groups in total. The molecule has 1 aliphatic rings. The lowest BCUT2D eigenvalue weighted by Gasteiger charge is -2.35. The molecule has 0 bridgehead atoms. The standard InChI is InChI=1S/C15H21F3N2/c1-11-6-14-7-12(8-19(2)3)4-5-13(14)9-20(11)10-15(16,17)18/h4-5,7,11H,6,8-10H2,1-3H3. The summed E-state index contributed by atoms with van der Waals surface area (Å²) in [4.78, 5) is 3.60. The fraction of sp³-hybridized carbons (Fsp3) is 0.600. The maximum atomic E-state index is 12.5. The van der Waals surface area contributed by atoms with Crippen LogP contribution in [-0.2, 0) is 19.5 Å². The number of alkyl halides is 3. The van der Waals surface area contributed by atoms with E-state index in [1.165, 1.54) is 16.0 Å². The van der Waals surface area contributed by atoms with E-state index in [1.54, 1.807) is 0 Å². The quantitative estimate of drug-likeness (QED) is 0.842. The van der Waals surface area contributed by atoms with Gasteiger partial charge in [-0.15, -0.1) is 0 Å². The highest BCUT2D eigenvalue weighted by molar-refractivity contribution is 5.34. The molecule has 0 fully saturated rings. The van der Waals surface area contributed by atoms with Crippen LogP contribution in [0.15, 0.2) is 18.2 Å². The molecule has 0 saturated heterocycles. The molecule has 20 heavy (non-hydrogen) atoms. The van der Waals surface area contributed by atoms with Crippen LogP contribution in [0.2, 0.25) is 0 Å². The Labute approximate surface area is 118 Å². The maximum Gasteiger partial charge on any atom is 0.401 e. The van der Waals surface area contributed by atoms with Crippen molar-refractivity contribution in [1.82, 2.24) is 9.80 Å². The van der Waals surface area contributed by atoms with Gasteiger partial charge in [0.05, 0.1) is 6.54 Å². The molecule has 1 aliphatic heterocycles. The highest BCUT2D eigenvalue weighted by Crippen LogP contribution is 2.27. The molecule has 0 aromatic heterocycles. The topological polar surface area (TPSA) is 6.48 Å². The number of rotatable bonds is 3. The average Bonchev–Trinajstić information content (AvgIpc) is 2.27. The van der Waals surface area contributed by atoms with Gasteiger partial charge in [-0.2, -0.15) is 13.2 Å². The largest absolute Gasteiger partial charge is 0.401 e. The Balaban J connectivity index is 2.14. The van der Waals surface area contributed by atoms with E-state index >= 15 is 0 Å². The monoisotopic (exact) mass is 286 g/mol. The van der Waals surface area contributed by atoms with Gasteiger partial charge in [-0.25, -0.2) is 0 Å². The fourth-order valence-electron chi connectivity index (χ4n) is 2.75. The van der Waals surface area contributed by atoms with Crippen LogP contribution in [0.5, 0.6) is 0 Å². The molecule has 1 aromatic carbocycles. The predicted molar refractivity (Wildman–Crippen MR) is 73.5 cm³/mol. The lowest BCUT2D eigenvalue weighted by atomic mass is 9.93. The van der Waals surface area contributed by atoms with Gasteiger partial charge in [-0.05, 0) is 44.1 Å². The molecule has 1 heterocycles. The molecular formula is C15H21F3N2. The van der Waals surface area contributed by atoms with Gasteiger partial charge in [0.2, 0.25) is 0 Å². The van der Waals surface area contributed by atoms with Crippen molar-refractivity contribution in [2.75, 3.05) is 20.6 Å². The maximum absolute atomic E-state index is 12.5. The third-order valence-corrected chi connectivity index (χ3v) is 3.66. The molecule has 0 saturated carbocycles. The van der Waals surface area contributed by atoms with Gasteiger partial charge < -0.3 is 4.90 Å². The molecule has 1 unspecified atom stereocenters. The van der Waals surface area contributed by atoms with Crippen molar-refractivity contribution in [3.05, 3.63) is 34.9 Å². The minimum atomic E-state index is -4.13. The molecule has 1 atom stereocenters. The summed E-state index contributed by atoms with van der Waals surface area (Å²) in [5.41, 5.74) is 3.43. The molecule has 2 nitrogen and oxygen atoms in total. The second-order valence-electron chi connectivity index (χ2n) is 5.91. The Bertz CT molecular complexity index is 469. The summed E-state index contributed by atoms with van der Waals surface area (Å²) in [6.45, 7) is 2.28. The Morgan fingerprint density at radius 2 is 1.95 bits per heavy atom. The van der Waals surface area contributed by atoms with Gasteiger partial charge in [0.15, 0.2) is 0 Å². The Kier molecular flexibility index (Phi) is 4.39. The molecule has 1 aromatic rings. The first kappa shape index (κ1) is 15.3. The van der Waals surface area contributed by atoms with Crippen molar-refractivity contribution in [2.24, 2.45) is 0 Å². The molecule has 0 amide bonds. The number of halogens is 3. The Morgan fingerprint density at radius 1 is 1.25 bits per heavy atom. The highest BCUT2D eigenvalue weighted by atomic mass is 19.4. The predicted octanol–water partition coefficient (Wildman–Crippen LogP) is 3.06. The molecule has 0 spiro atoms. The number of hydrogen-bond donors (Lipinski definition) is 0. The second kappa shape index (κ2) is 5.74. The number of fused-ring (bicyclic) bond motifs is 1. The van der Waals surface area contributed by atoms with Crippen LogP contribution in [0, 0.1) is 0 Å². The highest BCUT2D eigenvalue weighted by Gasteiger charge is 2.34. The van der Waals surface area contributed by atoms with E-state index in [2.05, 4.69) is 11.0 Å². The molecule has 112 valence electrons. The van der Waals surface area contributed by atoms with Crippen LogP contribution in [0.3, 0.4) is 0 Å². The van der Waals surface area contributed by atoms with Gasteiger partial charge in [0.25, 0.3) is 0 Å². The summed E-state index contributed by atoms with van der Waals surface area (Å²) in [5, 5.41) is 0. The van der Waals surface area contributed by atoms with Crippen LogP contribution in [0.25, 0.3) is 0 Å². The van der Waals surface area contributed by atoms with Crippen molar-refractivity contribution in [3.8, 4) is 0 Å². The Hall–Kier alpha value is -1.07. The molecular weight excluding hydrogens is 265 g/mol. The van der Waals surface area contributed by atoms with E-state index in [4.69, 9.17) is 0 Å². The van der Waals surface area contributed by atoms with Gasteiger partial charge in [0.1, 0.15) is 0 Å². The number of benzene rings is 1. The third-order valence-electron chi connectivity index (χ3n) is 3.66. The third kappa shape index (κ3) is 3.96. The Morgan fingerprint density at radius 3 is 2.55 bits per heavy atom. The van der Waals surface area contributed by atoms with Gasteiger partial charge in [-0.1, -0.05) is 18.2 Å². The minimum Gasteiger partial charge on any atom is -0.305 e. The van der Waals surface area contributed by atoms with Crippen molar-refractivity contribution in [1.29, 1.82) is 0 Å². The summed E-state index contributed by atoms with van der Waals surface area (Å²) in [7, 11) is 4.01. The second-order valence-corrected chi connectivity index (χ2v) is 5.91. The van der Waals surface area contributed by atoms with E-state index in [-0.39, 0.29) is 6.04 Å². The summed E-state index contributed by atoms with van der Waals surface area (Å²) in [5.74, 6) is 0. The summed E-state index contributed by atoms with van der Waals surface area (Å²) in [6, 6.07) is 6.06. The van der Waals surface area contributed by atoms with E-state index in [0.717, 1.165) is 12.1 Å².